The Labute approximate surface area is 196 Å². The fourth-order valence-electron chi connectivity index (χ4n) is 3.93. The molecule has 3 aliphatic rings. The minimum atomic E-state index is -0.130. The van der Waals surface area contributed by atoms with E-state index in [4.69, 9.17) is 9.47 Å². The standard InChI is InChI=1S/C23H27N5O4S/c29-21(24-17-3-4-18-19(13-17)32-12-11-31-18)14-33-22-6-5-20(26-27-22)28-9-7-15(8-10-28)23(30)25-16-1-2-16/h3-6,13,15-16H,1-2,7-12,14H2,(H,24,29)(H,25,30). The normalized spacial score (nSPS) is 18.0. The molecule has 2 fully saturated rings. The number of benzene rings is 1. The first-order valence-corrected chi connectivity index (χ1v) is 12.3. The van der Waals surface area contributed by atoms with E-state index >= 15 is 0 Å². The predicted molar refractivity (Wildman–Crippen MR) is 125 cm³/mol. The molecule has 2 amide bonds. The maximum absolute atomic E-state index is 12.3. The van der Waals surface area contributed by atoms with Gasteiger partial charge in [0.2, 0.25) is 11.8 Å². The number of ether oxygens (including phenoxy) is 2. The number of rotatable bonds is 7. The molecule has 1 aromatic heterocycles. The summed E-state index contributed by atoms with van der Waals surface area (Å²) >= 11 is 1.33. The van der Waals surface area contributed by atoms with Crippen LogP contribution in [0.15, 0.2) is 35.4 Å². The molecule has 1 saturated carbocycles. The molecule has 0 spiro atoms. The summed E-state index contributed by atoms with van der Waals surface area (Å²) in [7, 11) is 0. The van der Waals surface area contributed by atoms with Gasteiger partial charge in [0, 0.05) is 36.8 Å². The van der Waals surface area contributed by atoms with Crippen molar-refractivity contribution in [1.82, 2.24) is 15.5 Å². The minimum Gasteiger partial charge on any atom is -0.486 e. The van der Waals surface area contributed by atoms with Crippen molar-refractivity contribution in [2.75, 3.05) is 42.3 Å². The van der Waals surface area contributed by atoms with E-state index in [1.165, 1.54) is 11.8 Å². The summed E-state index contributed by atoms with van der Waals surface area (Å²) in [4.78, 5) is 26.7. The number of nitrogens with zero attached hydrogens (tertiary/aromatic N) is 3. The van der Waals surface area contributed by atoms with E-state index < -0.39 is 0 Å². The molecule has 2 N–H and O–H groups in total. The van der Waals surface area contributed by atoms with Crippen LogP contribution in [-0.2, 0) is 9.59 Å². The average molecular weight is 470 g/mol. The molecule has 9 nitrogen and oxygen atoms in total. The monoisotopic (exact) mass is 469 g/mol. The molecule has 1 aliphatic carbocycles. The van der Waals surface area contributed by atoms with Gasteiger partial charge >= 0.3 is 0 Å². The molecule has 0 unspecified atom stereocenters. The van der Waals surface area contributed by atoms with Crippen LogP contribution in [0.5, 0.6) is 11.5 Å². The molecule has 10 heteroatoms. The number of nitrogens with one attached hydrogen (secondary N) is 2. The Kier molecular flexibility index (Phi) is 6.52. The van der Waals surface area contributed by atoms with E-state index in [1.54, 1.807) is 18.2 Å². The zero-order valence-electron chi connectivity index (χ0n) is 18.3. The molecule has 174 valence electrons. The van der Waals surface area contributed by atoms with Crippen molar-refractivity contribution >= 4 is 35.1 Å². The van der Waals surface area contributed by atoms with Crippen LogP contribution in [0.1, 0.15) is 25.7 Å². The first-order valence-electron chi connectivity index (χ1n) is 11.4. The zero-order valence-corrected chi connectivity index (χ0v) is 19.1. The number of thioether (sulfide) groups is 1. The van der Waals surface area contributed by atoms with Crippen molar-refractivity contribution in [2.24, 2.45) is 5.92 Å². The number of carbonyl (C=O) groups excluding carboxylic acids is 2. The maximum Gasteiger partial charge on any atom is 0.234 e. The van der Waals surface area contributed by atoms with Crippen molar-refractivity contribution < 1.29 is 19.1 Å². The lowest BCUT2D eigenvalue weighted by atomic mass is 9.96. The summed E-state index contributed by atoms with van der Waals surface area (Å²) in [6.07, 6.45) is 3.89. The molecule has 1 aromatic carbocycles. The molecule has 33 heavy (non-hydrogen) atoms. The molecule has 2 aromatic rings. The van der Waals surface area contributed by atoms with Gasteiger partial charge in [0.25, 0.3) is 0 Å². The average Bonchev–Trinajstić information content (AvgIpc) is 3.67. The third-order valence-electron chi connectivity index (χ3n) is 5.92. The molecule has 2 aliphatic heterocycles. The predicted octanol–water partition coefficient (Wildman–Crippen LogP) is 2.47. The molecule has 1 saturated heterocycles. The zero-order chi connectivity index (χ0) is 22.6. The highest BCUT2D eigenvalue weighted by atomic mass is 32.2. The summed E-state index contributed by atoms with van der Waals surface area (Å²) in [5.41, 5.74) is 0.667. The Hall–Kier alpha value is -3.01. The second kappa shape index (κ2) is 9.86. The lowest BCUT2D eigenvalue weighted by Gasteiger charge is -2.31. The summed E-state index contributed by atoms with van der Waals surface area (Å²) < 4.78 is 11.0. The van der Waals surface area contributed by atoms with Crippen LogP contribution in [-0.4, -0.2) is 60.1 Å². The van der Waals surface area contributed by atoms with Gasteiger partial charge in [-0.1, -0.05) is 11.8 Å². The van der Waals surface area contributed by atoms with Gasteiger partial charge in [0.05, 0.1) is 5.75 Å². The highest BCUT2D eigenvalue weighted by Gasteiger charge is 2.30. The SMILES string of the molecule is O=C(CSc1ccc(N2CCC(C(=O)NC3CC3)CC2)nn1)Nc1ccc2c(c1)OCCO2. The fourth-order valence-corrected chi connectivity index (χ4v) is 4.55. The van der Waals surface area contributed by atoms with Crippen LogP contribution in [0, 0.1) is 5.92 Å². The number of fused-ring (bicyclic) bond motifs is 1. The smallest absolute Gasteiger partial charge is 0.234 e. The number of carbonyl (C=O) groups is 2. The largest absolute Gasteiger partial charge is 0.486 e. The number of amides is 2. The van der Waals surface area contributed by atoms with Gasteiger partial charge in [-0.05, 0) is 49.9 Å². The van der Waals surface area contributed by atoms with Crippen LogP contribution >= 0.6 is 11.8 Å². The Morgan fingerprint density at radius 3 is 2.52 bits per heavy atom. The molecule has 5 rings (SSSR count). The maximum atomic E-state index is 12.3. The summed E-state index contributed by atoms with van der Waals surface area (Å²) in [5, 5.41) is 15.3. The summed E-state index contributed by atoms with van der Waals surface area (Å²) in [5.74, 6) is 2.52. The van der Waals surface area contributed by atoms with E-state index in [1.807, 2.05) is 12.1 Å². The van der Waals surface area contributed by atoms with Crippen molar-refractivity contribution in [3.05, 3.63) is 30.3 Å². The third-order valence-corrected chi connectivity index (χ3v) is 6.84. The van der Waals surface area contributed by atoms with E-state index in [0.717, 1.165) is 44.6 Å². The Balaban J connectivity index is 1.07. The number of piperidine rings is 1. The van der Waals surface area contributed by atoms with Gasteiger partial charge < -0.3 is 25.0 Å². The lowest BCUT2D eigenvalue weighted by Crippen LogP contribution is -2.41. The highest BCUT2D eigenvalue weighted by Crippen LogP contribution is 2.32. The third kappa shape index (κ3) is 5.68. The van der Waals surface area contributed by atoms with Crippen LogP contribution in [0.3, 0.4) is 0 Å². The van der Waals surface area contributed by atoms with Crippen molar-refractivity contribution in [3.8, 4) is 11.5 Å². The van der Waals surface area contributed by atoms with Crippen LogP contribution in [0.4, 0.5) is 11.5 Å². The molecule has 3 heterocycles. The second-order valence-corrected chi connectivity index (χ2v) is 9.46. The first-order chi connectivity index (χ1) is 16.1. The highest BCUT2D eigenvalue weighted by molar-refractivity contribution is 7.99. The lowest BCUT2D eigenvalue weighted by molar-refractivity contribution is -0.125. The van der Waals surface area contributed by atoms with E-state index in [9.17, 15) is 9.59 Å². The number of hydrogen-bond donors (Lipinski definition) is 2. The molecular weight excluding hydrogens is 442 g/mol. The quantitative estimate of drug-likeness (QED) is 0.596. The van der Waals surface area contributed by atoms with Gasteiger partial charge in [0.15, 0.2) is 17.3 Å². The van der Waals surface area contributed by atoms with E-state index in [2.05, 4.69) is 25.7 Å². The number of aromatic nitrogens is 2. The second-order valence-electron chi connectivity index (χ2n) is 8.47. The Morgan fingerprint density at radius 1 is 1.00 bits per heavy atom. The van der Waals surface area contributed by atoms with E-state index in [0.29, 0.717) is 41.5 Å². The summed E-state index contributed by atoms with van der Waals surface area (Å²) in [6, 6.07) is 9.59. The van der Waals surface area contributed by atoms with Crippen molar-refractivity contribution in [1.29, 1.82) is 0 Å². The fraction of sp³-hybridized carbons (Fsp3) is 0.478. The van der Waals surface area contributed by atoms with Gasteiger partial charge in [-0.25, -0.2) is 0 Å². The molecule has 0 atom stereocenters. The molecule has 0 bridgehead atoms. The molecular formula is C23H27N5O4S. The van der Waals surface area contributed by atoms with Gasteiger partial charge in [0.1, 0.15) is 18.2 Å². The Morgan fingerprint density at radius 2 is 1.79 bits per heavy atom. The Bertz CT molecular complexity index is 1010. The van der Waals surface area contributed by atoms with Gasteiger partial charge in [-0.3, -0.25) is 9.59 Å². The van der Waals surface area contributed by atoms with Crippen LogP contribution < -0.4 is 25.0 Å². The van der Waals surface area contributed by atoms with Gasteiger partial charge in [-0.2, -0.15) is 0 Å². The van der Waals surface area contributed by atoms with Crippen molar-refractivity contribution in [2.45, 2.75) is 36.8 Å². The van der Waals surface area contributed by atoms with Gasteiger partial charge in [-0.15, -0.1) is 10.2 Å². The first kappa shape index (κ1) is 21.8. The van der Waals surface area contributed by atoms with Crippen LogP contribution in [0.2, 0.25) is 0 Å². The number of hydrogen-bond acceptors (Lipinski definition) is 8. The summed E-state index contributed by atoms with van der Waals surface area (Å²) in [6.45, 7) is 2.62. The van der Waals surface area contributed by atoms with Crippen molar-refractivity contribution in [3.63, 3.8) is 0 Å². The van der Waals surface area contributed by atoms with E-state index in [-0.39, 0.29) is 23.5 Å². The topological polar surface area (TPSA) is 106 Å². The van der Waals surface area contributed by atoms with Crippen LogP contribution in [0.25, 0.3) is 0 Å². The number of anilines is 2. The molecule has 0 radical (unpaired) electrons. The minimum absolute atomic E-state index is 0.0948.